The molecule has 0 spiro atoms. The summed E-state index contributed by atoms with van der Waals surface area (Å²) in [4.78, 5) is 0. The fourth-order valence-corrected chi connectivity index (χ4v) is 0.340. The van der Waals surface area contributed by atoms with Crippen molar-refractivity contribution in [3.8, 4) is 0 Å². The molecule has 0 aromatic rings. The molecule has 1 rings (SSSR count). The maximum absolute atomic E-state index is 2.92. The van der Waals surface area contributed by atoms with Crippen LogP contribution >= 0.6 is 0 Å². The molecule has 0 atom stereocenters. The van der Waals surface area contributed by atoms with Crippen LogP contribution in [0.2, 0.25) is 0 Å². The van der Waals surface area contributed by atoms with Crippen LogP contribution in [0.25, 0.3) is 0 Å². The molecule has 1 aliphatic carbocycles. The van der Waals surface area contributed by atoms with Crippen molar-refractivity contribution in [1.82, 2.24) is 0 Å². The number of rotatable bonds is 0. The first-order valence-corrected chi connectivity index (χ1v) is 1.73. The first kappa shape index (κ1) is 2.74. The van der Waals surface area contributed by atoms with Gasteiger partial charge >= 0.3 is 0 Å². The van der Waals surface area contributed by atoms with Crippen molar-refractivity contribution in [2.24, 2.45) is 0 Å². The Morgan fingerprint density at radius 1 is 1.60 bits per heavy atom. The predicted molar refractivity (Wildman–Crippen MR) is 21.6 cm³/mol. The number of hydrogen-bond donors (Lipinski definition) is 0. The quantitative estimate of drug-likeness (QED) is 0.373. The van der Waals surface area contributed by atoms with E-state index in [9.17, 15) is 0 Å². The Morgan fingerprint density at radius 3 is 2.80 bits per heavy atom. The Kier molecular flexibility index (Phi) is 0.600. The lowest BCUT2D eigenvalue weighted by atomic mass is 10.4. The molecule has 0 aliphatic heterocycles. The molecule has 0 aromatic carbocycles. The summed E-state index contributed by atoms with van der Waals surface area (Å²) in [6.07, 6.45) is 7.08. The third kappa shape index (κ3) is 0.398. The van der Waals surface area contributed by atoms with Crippen LogP contribution in [0.1, 0.15) is 6.42 Å². The van der Waals surface area contributed by atoms with E-state index in [0.29, 0.717) is 0 Å². The second-order valence-corrected chi connectivity index (χ2v) is 1.01. The van der Waals surface area contributed by atoms with Gasteiger partial charge in [0.1, 0.15) is 0 Å². The summed E-state index contributed by atoms with van der Waals surface area (Å²) in [7, 11) is 0. The molecule has 0 heteroatoms. The van der Waals surface area contributed by atoms with E-state index >= 15 is 0 Å². The molecule has 0 nitrogen and oxygen atoms in total. The van der Waals surface area contributed by atoms with Gasteiger partial charge in [-0.3, -0.25) is 0 Å². The first-order chi connectivity index (χ1) is 2.50. The number of allylic oxidation sites excluding steroid dienone is 1. The second kappa shape index (κ2) is 1.09. The fourth-order valence-electron chi connectivity index (χ4n) is 0.340. The molecular formula is C5H5. The summed E-state index contributed by atoms with van der Waals surface area (Å²) in [5.74, 6) is 0. The lowest BCUT2D eigenvalue weighted by molar-refractivity contribution is 1.34. The molecule has 0 aromatic heterocycles. The summed E-state index contributed by atoms with van der Waals surface area (Å²) in [6.45, 7) is 0. The molecular weight excluding hydrogens is 60.1 g/mol. The Balaban J connectivity index is 2.64. The summed E-state index contributed by atoms with van der Waals surface area (Å²) >= 11 is 0. The molecule has 1 aliphatic rings. The summed E-state index contributed by atoms with van der Waals surface area (Å²) < 4.78 is 0. The Hall–Kier alpha value is -0.480. The summed E-state index contributed by atoms with van der Waals surface area (Å²) in [6, 6.07) is 0. The standard InChI is InChI=1S/C5H5/c1-2-4-5-3-1/h1-2,5H,3H2. The van der Waals surface area contributed by atoms with Crippen molar-refractivity contribution < 1.29 is 0 Å². The highest BCUT2D eigenvalue weighted by molar-refractivity contribution is 5.05. The fraction of sp³-hybridized carbons (Fsp3) is 0.200. The van der Waals surface area contributed by atoms with Crippen molar-refractivity contribution in [2.45, 2.75) is 6.42 Å². The van der Waals surface area contributed by atoms with Gasteiger partial charge in [0.25, 0.3) is 0 Å². The van der Waals surface area contributed by atoms with Crippen LogP contribution < -0.4 is 0 Å². The topological polar surface area (TPSA) is 0 Å². The van der Waals surface area contributed by atoms with E-state index in [0.717, 1.165) is 6.42 Å². The van der Waals surface area contributed by atoms with Gasteiger partial charge in [-0.15, -0.1) is 5.73 Å². The molecule has 0 bridgehead atoms. The van der Waals surface area contributed by atoms with Crippen LogP contribution in [0.3, 0.4) is 0 Å². The van der Waals surface area contributed by atoms with Crippen LogP contribution in [0, 0.1) is 6.42 Å². The molecule has 5 heavy (non-hydrogen) atoms. The third-order valence-corrected chi connectivity index (χ3v) is 0.586. The van der Waals surface area contributed by atoms with Gasteiger partial charge in [0, 0.05) is 0 Å². The zero-order valence-electron chi connectivity index (χ0n) is 2.94. The molecule has 0 fully saturated rings. The molecule has 25 valence electrons. The van der Waals surface area contributed by atoms with Crippen LogP contribution in [0.5, 0.6) is 0 Å². The van der Waals surface area contributed by atoms with Gasteiger partial charge in [-0.2, -0.15) is 0 Å². The lowest BCUT2D eigenvalue weighted by Crippen LogP contribution is -1.49. The van der Waals surface area contributed by atoms with Gasteiger partial charge in [-0.05, 0) is 25.0 Å². The van der Waals surface area contributed by atoms with E-state index in [-0.39, 0.29) is 0 Å². The van der Waals surface area contributed by atoms with Gasteiger partial charge in [0.05, 0.1) is 0 Å². The largest absolute Gasteiger partial charge is 0.129 e. The summed E-state index contributed by atoms with van der Waals surface area (Å²) in [5, 5.41) is 0. The van der Waals surface area contributed by atoms with E-state index in [1.54, 1.807) is 0 Å². The Bertz CT molecular complexity index is 66.0. The average molecular weight is 65.1 g/mol. The monoisotopic (exact) mass is 65.0 g/mol. The van der Waals surface area contributed by atoms with Crippen LogP contribution in [-0.4, -0.2) is 0 Å². The first-order valence-electron chi connectivity index (χ1n) is 1.73. The maximum atomic E-state index is 2.92. The van der Waals surface area contributed by atoms with E-state index in [2.05, 4.69) is 12.2 Å². The molecule has 0 saturated carbocycles. The molecule has 1 radical (unpaired) electrons. The maximum Gasteiger partial charge on any atom is -0.00447 e. The van der Waals surface area contributed by atoms with Gasteiger partial charge in [0.2, 0.25) is 0 Å². The van der Waals surface area contributed by atoms with Gasteiger partial charge in [0.15, 0.2) is 0 Å². The van der Waals surface area contributed by atoms with Gasteiger partial charge in [-0.1, -0.05) is 0 Å². The molecule has 0 amide bonds. The van der Waals surface area contributed by atoms with Crippen molar-refractivity contribution in [3.63, 3.8) is 0 Å². The van der Waals surface area contributed by atoms with Gasteiger partial charge < -0.3 is 0 Å². The Labute approximate surface area is 31.8 Å². The van der Waals surface area contributed by atoms with Gasteiger partial charge in [-0.25, -0.2) is 0 Å². The zero-order chi connectivity index (χ0) is 3.54. The molecule has 0 N–H and O–H groups in total. The highest BCUT2D eigenvalue weighted by atomic mass is 13.8. The van der Waals surface area contributed by atoms with Crippen molar-refractivity contribution in [3.05, 3.63) is 24.3 Å². The molecule has 0 saturated heterocycles. The third-order valence-electron chi connectivity index (χ3n) is 0.586. The highest BCUT2D eigenvalue weighted by Gasteiger charge is 1.77. The van der Waals surface area contributed by atoms with E-state index in [4.69, 9.17) is 0 Å². The van der Waals surface area contributed by atoms with Crippen LogP contribution in [0.15, 0.2) is 17.9 Å². The SMILES string of the molecule is C1=C[CH]CC=1. The summed E-state index contributed by atoms with van der Waals surface area (Å²) in [5.41, 5.74) is 2.92. The minimum absolute atomic E-state index is 1.08. The van der Waals surface area contributed by atoms with Crippen molar-refractivity contribution >= 4 is 0 Å². The van der Waals surface area contributed by atoms with Crippen LogP contribution in [-0.2, 0) is 0 Å². The zero-order valence-corrected chi connectivity index (χ0v) is 2.94. The minimum atomic E-state index is 1.08. The lowest BCUT2D eigenvalue weighted by Gasteiger charge is -1.64. The number of hydrogen-bond acceptors (Lipinski definition) is 0. The average Bonchev–Trinajstić information content (AvgIpc) is 1.76. The van der Waals surface area contributed by atoms with Crippen molar-refractivity contribution in [1.29, 1.82) is 0 Å². The van der Waals surface area contributed by atoms with E-state index in [1.807, 2.05) is 12.2 Å². The normalized spacial score (nSPS) is 17.6. The highest BCUT2D eigenvalue weighted by Crippen LogP contribution is 1.94. The predicted octanol–water partition coefficient (Wildman–Crippen LogP) is 1.31. The molecule has 0 heterocycles. The minimum Gasteiger partial charge on any atom is -0.129 e. The second-order valence-electron chi connectivity index (χ2n) is 1.01. The van der Waals surface area contributed by atoms with E-state index in [1.165, 1.54) is 0 Å². The Morgan fingerprint density at radius 2 is 2.60 bits per heavy atom. The van der Waals surface area contributed by atoms with Crippen LogP contribution in [0.4, 0.5) is 0 Å². The van der Waals surface area contributed by atoms with Crippen molar-refractivity contribution in [2.75, 3.05) is 0 Å². The smallest absolute Gasteiger partial charge is 0.00447 e. The van der Waals surface area contributed by atoms with E-state index < -0.39 is 0 Å². The molecule has 0 unspecified atom stereocenters.